The summed E-state index contributed by atoms with van der Waals surface area (Å²) in [5.74, 6) is -0.114. The van der Waals surface area contributed by atoms with Crippen LogP contribution in [0.2, 0.25) is 0 Å². The van der Waals surface area contributed by atoms with Crippen molar-refractivity contribution in [2.75, 3.05) is 13.2 Å². The minimum absolute atomic E-state index is 0.0440. The zero-order valence-electron chi connectivity index (χ0n) is 41.4. The van der Waals surface area contributed by atoms with Gasteiger partial charge in [0.05, 0.1) is 25.4 Å². The lowest BCUT2D eigenvalue weighted by atomic mass is 10.0. The highest BCUT2D eigenvalue weighted by Crippen LogP contribution is 2.16. The van der Waals surface area contributed by atoms with E-state index in [4.69, 9.17) is 4.74 Å². The van der Waals surface area contributed by atoms with Crippen LogP contribution in [0.25, 0.3) is 0 Å². The minimum Gasteiger partial charge on any atom is -0.466 e. The first-order valence-electron chi connectivity index (χ1n) is 27.2. The molecule has 3 N–H and O–H groups in total. The van der Waals surface area contributed by atoms with Crippen molar-refractivity contribution in [3.8, 4) is 0 Å². The fourth-order valence-corrected chi connectivity index (χ4v) is 8.19. The fraction of sp³-hybridized carbons (Fsp3) is 0.857. The summed E-state index contributed by atoms with van der Waals surface area (Å²) < 4.78 is 5.44. The van der Waals surface area contributed by atoms with Crippen molar-refractivity contribution in [1.29, 1.82) is 0 Å². The first kappa shape index (κ1) is 60.1. The summed E-state index contributed by atoms with van der Waals surface area (Å²) in [5.41, 5.74) is 0. The summed E-state index contributed by atoms with van der Waals surface area (Å²) in [7, 11) is 0. The van der Waals surface area contributed by atoms with E-state index in [1.165, 1.54) is 167 Å². The van der Waals surface area contributed by atoms with E-state index < -0.39 is 12.1 Å². The van der Waals surface area contributed by atoms with Gasteiger partial charge in [-0.15, -0.1) is 0 Å². The fourth-order valence-electron chi connectivity index (χ4n) is 8.19. The van der Waals surface area contributed by atoms with Crippen molar-refractivity contribution >= 4 is 11.9 Å². The number of hydrogen-bond donors (Lipinski definition) is 3. The van der Waals surface area contributed by atoms with E-state index in [1.807, 2.05) is 0 Å². The molecule has 2 unspecified atom stereocenters. The number of unbranched alkanes of at least 4 members (excludes halogenated alkanes) is 33. The van der Waals surface area contributed by atoms with Gasteiger partial charge in [0.25, 0.3) is 0 Å². The molecule has 0 rings (SSSR count). The first-order chi connectivity index (χ1) is 30.5. The smallest absolute Gasteiger partial charge is 0.305 e. The highest BCUT2D eigenvalue weighted by atomic mass is 16.5. The lowest BCUT2D eigenvalue weighted by Gasteiger charge is -2.22. The molecular formula is C56H105NO5. The summed E-state index contributed by atoms with van der Waals surface area (Å²) in [6.07, 6.45) is 62.6. The van der Waals surface area contributed by atoms with Gasteiger partial charge in [-0.1, -0.05) is 224 Å². The molecule has 6 heteroatoms. The maximum atomic E-state index is 12.5. The number of carbonyl (C=O) groups excluding carboxylic acids is 2. The molecule has 0 spiro atoms. The number of ether oxygens (including phenoxy) is 1. The standard InChI is InChI=1S/C56H105NO5/c1-3-5-7-9-11-13-15-17-19-21-23-24-26-28-32-36-40-44-48-54(59)53(52-58)57-55(60)49-45-41-37-33-30-31-35-39-43-47-51-62-56(61)50-46-42-38-34-29-27-25-22-20-18-16-14-12-10-8-6-4-2/h12,14,18,20,31,35,53-54,58-59H,3-11,13,15-17,19,21-30,32-34,36-52H2,1-2H3,(H,57,60)/b14-12-,20-18-,35-31-. The Hall–Kier alpha value is -1.92. The summed E-state index contributed by atoms with van der Waals surface area (Å²) in [4.78, 5) is 24.5. The maximum absolute atomic E-state index is 12.5. The van der Waals surface area contributed by atoms with E-state index in [-0.39, 0.29) is 18.5 Å². The number of amides is 1. The molecule has 0 saturated carbocycles. The number of carbonyl (C=O) groups is 2. The Kier molecular flexibility index (Phi) is 50.1. The van der Waals surface area contributed by atoms with Gasteiger partial charge in [-0.3, -0.25) is 9.59 Å². The average Bonchev–Trinajstić information content (AvgIpc) is 3.27. The summed E-state index contributed by atoms with van der Waals surface area (Å²) in [6, 6.07) is -0.568. The Morgan fingerprint density at radius 1 is 0.452 bits per heavy atom. The molecule has 2 atom stereocenters. The molecule has 0 fully saturated rings. The number of nitrogens with one attached hydrogen (secondary N) is 1. The van der Waals surface area contributed by atoms with Crippen molar-refractivity contribution < 1.29 is 24.5 Å². The number of allylic oxidation sites excluding steroid dienone is 6. The highest BCUT2D eigenvalue weighted by molar-refractivity contribution is 5.76. The Bertz CT molecular complexity index is 1010. The molecule has 0 aromatic heterocycles. The van der Waals surface area contributed by atoms with E-state index in [0.717, 1.165) is 83.5 Å². The number of hydrogen-bond acceptors (Lipinski definition) is 5. The van der Waals surface area contributed by atoms with Crippen LogP contribution in [0.3, 0.4) is 0 Å². The van der Waals surface area contributed by atoms with Crippen LogP contribution in [0.4, 0.5) is 0 Å². The molecule has 0 aliphatic heterocycles. The van der Waals surface area contributed by atoms with Crippen molar-refractivity contribution in [3.63, 3.8) is 0 Å². The third-order valence-corrected chi connectivity index (χ3v) is 12.4. The van der Waals surface area contributed by atoms with Gasteiger partial charge in [0.2, 0.25) is 5.91 Å². The van der Waals surface area contributed by atoms with Gasteiger partial charge in [0.1, 0.15) is 0 Å². The first-order valence-corrected chi connectivity index (χ1v) is 27.2. The molecule has 62 heavy (non-hydrogen) atoms. The largest absolute Gasteiger partial charge is 0.466 e. The molecule has 0 saturated heterocycles. The van der Waals surface area contributed by atoms with Gasteiger partial charge >= 0.3 is 5.97 Å². The van der Waals surface area contributed by atoms with Crippen LogP contribution in [0, 0.1) is 0 Å². The number of esters is 1. The van der Waals surface area contributed by atoms with E-state index >= 15 is 0 Å². The quantitative estimate of drug-likeness (QED) is 0.0321. The third kappa shape index (κ3) is 47.6. The van der Waals surface area contributed by atoms with Crippen LogP contribution in [0.15, 0.2) is 36.5 Å². The van der Waals surface area contributed by atoms with Gasteiger partial charge in [-0.25, -0.2) is 0 Å². The lowest BCUT2D eigenvalue weighted by Crippen LogP contribution is -2.45. The van der Waals surface area contributed by atoms with Crippen molar-refractivity contribution in [1.82, 2.24) is 5.32 Å². The van der Waals surface area contributed by atoms with Crippen LogP contribution < -0.4 is 5.32 Å². The molecule has 6 nitrogen and oxygen atoms in total. The second kappa shape index (κ2) is 51.7. The zero-order valence-corrected chi connectivity index (χ0v) is 41.4. The summed E-state index contributed by atoms with van der Waals surface area (Å²) in [6.45, 7) is 4.84. The van der Waals surface area contributed by atoms with Gasteiger partial charge in [-0.2, -0.15) is 0 Å². The van der Waals surface area contributed by atoms with Gasteiger partial charge in [0, 0.05) is 12.8 Å². The van der Waals surface area contributed by atoms with Crippen LogP contribution in [-0.4, -0.2) is 47.4 Å². The zero-order chi connectivity index (χ0) is 45.1. The average molecular weight is 872 g/mol. The normalized spacial score (nSPS) is 12.9. The third-order valence-electron chi connectivity index (χ3n) is 12.4. The highest BCUT2D eigenvalue weighted by Gasteiger charge is 2.20. The van der Waals surface area contributed by atoms with E-state index in [1.54, 1.807) is 0 Å². The van der Waals surface area contributed by atoms with Gasteiger partial charge in [0.15, 0.2) is 0 Å². The lowest BCUT2D eigenvalue weighted by molar-refractivity contribution is -0.143. The van der Waals surface area contributed by atoms with Gasteiger partial charge in [-0.05, 0) is 83.5 Å². The Morgan fingerprint density at radius 2 is 0.806 bits per heavy atom. The topological polar surface area (TPSA) is 95.9 Å². The van der Waals surface area contributed by atoms with E-state index in [2.05, 4.69) is 55.6 Å². The predicted molar refractivity (Wildman–Crippen MR) is 269 cm³/mol. The van der Waals surface area contributed by atoms with Crippen LogP contribution in [0.5, 0.6) is 0 Å². The molecule has 1 amide bonds. The molecule has 0 aliphatic carbocycles. The maximum Gasteiger partial charge on any atom is 0.305 e. The monoisotopic (exact) mass is 872 g/mol. The van der Waals surface area contributed by atoms with Crippen LogP contribution in [-0.2, 0) is 14.3 Å². The Balaban J connectivity index is 3.53. The Labute approximate surface area is 385 Å². The second-order valence-corrected chi connectivity index (χ2v) is 18.6. The van der Waals surface area contributed by atoms with E-state index in [9.17, 15) is 19.8 Å². The number of aliphatic hydroxyl groups is 2. The van der Waals surface area contributed by atoms with Crippen molar-refractivity contribution in [2.45, 2.75) is 296 Å². The number of aliphatic hydroxyl groups excluding tert-OH is 2. The van der Waals surface area contributed by atoms with Gasteiger partial charge < -0.3 is 20.3 Å². The molecule has 0 aromatic rings. The molecule has 0 aliphatic rings. The minimum atomic E-state index is -0.687. The number of rotatable bonds is 50. The SMILES string of the molecule is CCCCC/C=C\C/C=C\CCCCCCCCCC(=O)OCCCC/C=C\CCCCCCC(=O)NC(CO)C(O)CCCCCCCCCCCCCCCCCCCC. The second-order valence-electron chi connectivity index (χ2n) is 18.6. The summed E-state index contributed by atoms with van der Waals surface area (Å²) in [5, 5.41) is 23.3. The van der Waals surface area contributed by atoms with Crippen LogP contribution >= 0.6 is 0 Å². The molecule has 0 radical (unpaired) electrons. The molecule has 0 aromatic carbocycles. The van der Waals surface area contributed by atoms with E-state index in [0.29, 0.717) is 25.9 Å². The van der Waals surface area contributed by atoms with Crippen molar-refractivity contribution in [3.05, 3.63) is 36.5 Å². The molecule has 364 valence electrons. The molecule has 0 bridgehead atoms. The summed E-state index contributed by atoms with van der Waals surface area (Å²) >= 11 is 0. The van der Waals surface area contributed by atoms with Crippen LogP contribution in [0.1, 0.15) is 284 Å². The predicted octanol–water partition coefficient (Wildman–Crippen LogP) is 16.5. The van der Waals surface area contributed by atoms with Crippen molar-refractivity contribution in [2.24, 2.45) is 0 Å². The molecular weight excluding hydrogens is 767 g/mol. The molecule has 0 heterocycles. The Morgan fingerprint density at radius 3 is 1.27 bits per heavy atom.